The standard InChI is InChI=1S/C23H21ClO3S/c1-26-19-12-13-21(27-2)23(14-19)28-22(17-8-10-18(24)11-9-17)15-20(25)16-6-4-3-5-7-16/h3-14,22H,15H2,1-2H3/t22-/m1/s1. The highest BCUT2D eigenvalue weighted by Gasteiger charge is 2.21. The van der Waals surface area contributed by atoms with E-state index >= 15 is 0 Å². The van der Waals surface area contributed by atoms with Crippen molar-refractivity contribution in [2.45, 2.75) is 16.6 Å². The van der Waals surface area contributed by atoms with Crippen LogP contribution in [0.25, 0.3) is 0 Å². The molecule has 1 atom stereocenters. The van der Waals surface area contributed by atoms with Gasteiger partial charge in [0.1, 0.15) is 11.5 Å². The van der Waals surface area contributed by atoms with E-state index in [0.717, 1.165) is 22.0 Å². The maximum absolute atomic E-state index is 12.9. The quantitative estimate of drug-likeness (QED) is 0.314. The summed E-state index contributed by atoms with van der Waals surface area (Å²) in [7, 11) is 3.27. The van der Waals surface area contributed by atoms with Crippen molar-refractivity contribution in [3.8, 4) is 11.5 Å². The van der Waals surface area contributed by atoms with E-state index in [2.05, 4.69) is 0 Å². The summed E-state index contributed by atoms with van der Waals surface area (Å²) < 4.78 is 10.9. The van der Waals surface area contributed by atoms with Gasteiger partial charge in [0.25, 0.3) is 0 Å². The normalized spacial score (nSPS) is 11.7. The van der Waals surface area contributed by atoms with Crippen LogP contribution in [0.15, 0.2) is 77.7 Å². The lowest BCUT2D eigenvalue weighted by molar-refractivity contribution is 0.0982. The second kappa shape index (κ2) is 9.67. The number of carbonyl (C=O) groups is 1. The predicted octanol–water partition coefficient (Wildman–Crippen LogP) is 6.46. The molecule has 0 saturated carbocycles. The van der Waals surface area contributed by atoms with Crippen LogP contribution in [0.1, 0.15) is 27.6 Å². The van der Waals surface area contributed by atoms with E-state index in [0.29, 0.717) is 17.0 Å². The van der Waals surface area contributed by atoms with Gasteiger partial charge < -0.3 is 9.47 Å². The molecule has 0 fully saturated rings. The molecule has 28 heavy (non-hydrogen) atoms. The third-order valence-corrected chi connectivity index (χ3v) is 5.90. The Morgan fingerprint density at radius 1 is 0.964 bits per heavy atom. The molecule has 0 aromatic heterocycles. The molecule has 0 aliphatic heterocycles. The van der Waals surface area contributed by atoms with Gasteiger partial charge in [-0.2, -0.15) is 0 Å². The van der Waals surface area contributed by atoms with Gasteiger partial charge in [0.15, 0.2) is 5.78 Å². The van der Waals surface area contributed by atoms with Gasteiger partial charge in [0.2, 0.25) is 0 Å². The van der Waals surface area contributed by atoms with E-state index in [1.165, 1.54) is 0 Å². The summed E-state index contributed by atoms with van der Waals surface area (Å²) in [4.78, 5) is 13.8. The van der Waals surface area contributed by atoms with E-state index < -0.39 is 0 Å². The lowest BCUT2D eigenvalue weighted by atomic mass is 10.0. The second-order valence-corrected chi connectivity index (χ2v) is 7.85. The number of rotatable bonds is 8. The lowest BCUT2D eigenvalue weighted by Crippen LogP contribution is -2.05. The number of hydrogen-bond acceptors (Lipinski definition) is 4. The van der Waals surface area contributed by atoms with E-state index in [1.54, 1.807) is 26.0 Å². The molecule has 3 aromatic rings. The Hall–Kier alpha value is -2.43. The number of ketones is 1. The average molecular weight is 413 g/mol. The fourth-order valence-corrected chi connectivity index (χ4v) is 4.26. The van der Waals surface area contributed by atoms with Crippen LogP contribution in [0, 0.1) is 0 Å². The molecule has 0 saturated heterocycles. The summed E-state index contributed by atoms with van der Waals surface area (Å²) in [6, 6.07) is 22.6. The molecule has 0 amide bonds. The molecular weight excluding hydrogens is 392 g/mol. The Bertz CT molecular complexity index is 926. The van der Waals surface area contributed by atoms with E-state index in [9.17, 15) is 4.79 Å². The fourth-order valence-electron chi connectivity index (χ4n) is 2.84. The number of ether oxygens (including phenoxy) is 2. The highest BCUT2D eigenvalue weighted by molar-refractivity contribution is 7.99. The molecule has 0 radical (unpaired) electrons. The number of hydrogen-bond donors (Lipinski definition) is 0. The van der Waals surface area contributed by atoms with E-state index in [4.69, 9.17) is 21.1 Å². The van der Waals surface area contributed by atoms with Crippen LogP contribution in [0.5, 0.6) is 11.5 Å². The van der Waals surface area contributed by atoms with Crippen molar-refractivity contribution < 1.29 is 14.3 Å². The van der Waals surface area contributed by atoms with Crippen LogP contribution in [0.3, 0.4) is 0 Å². The van der Waals surface area contributed by atoms with Crippen LogP contribution in [-0.2, 0) is 0 Å². The first kappa shape index (κ1) is 20.3. The minimum absolute atomic E-state index is 0.0917. The van der Waals surface area contributed by atoms with Gasteiger partial charge in [0.05, 0.1) is 19.1 Å². The lowest BCUT2D eigenvalue weighted by Gasteiger charge is -2.19. The zero-order valence-electron chi connectivity index (χ0n) is 15.7. The van der Waals surface area contributed by atoms with Gasteiger partial charge in [-0.05, 0) is 35.9 Å². The fraction of sp³-hybridized carbons (Fsp3) is 0.174. The minimum atomic E-state index is -0.0917. The van der Waals surface area contributed by atoms with E-state index in [1.807, 2.05) is 72.8 Å². The average Bonchev–Trinajstić information content (AvgIpc) is 2.74. The smallest absolute Gasteiger partial charge is 0.164 e. The van der Waals surface area contributed by atoms with Gasteiger partial charge in [0, 0.05) is 22.3 Å². The summed E-state index contributed by atoms with van der Waals surface area (Å²) in [6.07, 6.45) is 0.358. The number of Topliss-reactive ketones (excluding diaryl/α,β-unsaturated/α-hetero) is 1. The second-order valence-electron chi connectivity index (χ2n) is 6.17. The van der Waals surface area contributed by atoms with Crippen molar-refractivity contribution >= 4 is 29.1 Å². The van der Waals surface area contributed by atoms with Crippen LogP contribution in [0.2, 0.25) is 5.02 Å². The monoisotopic (exact) mass is 412 g/mol. The highest BCUT2D eigenvalue weighted by Crippen LogP contribution is 2.44. The molecule has 0 spiro atoms. The van der Waals surface area contributed by atoms with E-state index in [-0.39, 0.29) is 11.0 Å². The largest absolute Gasteiger partial charge is 0.497 e. The van der Waals surface area contributed by atoms with Gasteiger partial charge >= 0.3 is 0 Å². The highest BCUT2D eigenvalue weighted by atomic mass is 35.5. The molecule has 0 bridgehead atoms. The maximum atomic E-state index is 12.9. The molecular formula is C23H21ClO3S. The number of benzene rings is 3. The third-order valence-electron chi connectivity index (χ3n) is 4.35. The van der Waals surface area contributed by atoms with Gasteiger partial charge in [-0.15, -0.1) is 11.8 Å². The Kier molecular flexibility index (Phi) is 7.01. The molecule has 0 aliphatic rings. The van der Waals surface area contributed by atoms with Crippen molar-refractivity contribution in [3.63, 3.8) is 0 Å². The van der Waals surface area contributed by atoms with Crippen LogP contribution < -0.4 is 9.47 Å². The van der Waals surface area contributed by atoms with Crippen LogP contribution in [-0.4, -0.2) is 20.0 Å². The topological polar surface area (TPSA) is 35.5 Å². The van der Waals surface area contributed by atoms with Gasteiger partial charge in [-0.1, -0.05) is 54.1 Å². The zero-order chi connectivity index (χ0) is 19.9. The number of halogens is 1. The summed E-state index contributed by atoms with van der Waals surface area (Å²) in [5.74, 6) is 1.58. The summed E-state index contributed by atoms with van der Waals surface area (Å²) in [5, 5.41) is 0.576. The number of thioether (sulfide) groups is 1. The summed E-state index contributed by atoms with van der Waals surface area (Å²) in [5.41, 5.74) is 1.74. The molecule has 144 valence electrons. The minimum Gasteiger partial charge on any atom is -0.497 e. The van der Waals surface area contributed by atoms with Crippen molar-refractivity contribution in [2.75, 3.05) is 14.2 Å². The zero-order valence-corrected chi connectivity index (χ0v) is 17.3. The molecule has 3 rings (SSSR count). The van der Waals surface area contributed by atoms with Crippen molar-refractivity contribution in [3.05, 3.63) is 88.9 Å². The molecule has 5 heteroatoms. The Labute approximate surface area is 174 Å². The Morgan fingerprint density at radius 2 is 1.68 bits per heavy atom. The van der Waals surface area contributed by atoms with Crippen molar-refractivity contribution in [1.29, 1.82) is 0 Å². The molecule has 0 heterocycles. The Balaban J connectivity index is 1.92. The first-order valence-electron chi connectivity index (χ1n) is 8.83. The Morgan fingerprint density at radius 3 is 2.32 bits per heavy atom. The van der Waals surface area contributed by atoms with Gasteiger partial charge in [-0.3, -0.25) is 4.79 Å². The summed E-state index contributed by atoms with van der Waals surface area (Å²) >= 11 is 7.64. The third kappa shape index (κ3) is 5.09. The van der Waals surface area contributed by atoms with Crippen LogP contribution in [0.4, 0.5) is 0 Å². The molecule has 0 unspecified atom stereocenters. The predicted molar refractivity (Wildman–Crippen MR) is 115 cm³/mol. The van der Waals surface area contributed by atoms with Crippen LogP contribution >= 0.6 is 23.4 Å². The summed E-state index contributed by atoms with van der Waals surface area (Å²) in [6.45, 7) is 0. The molecule has 3 aromatic carbocycles. The molecule has 0 N–H and O–H groups in total. The first-order valence-corrected chi connectivity index (χ1v) is 10.1. The number of carbonyl (C=O) groups excluding carboxylic acids is 1. The number of methoxy groups -OCH3 is 2. The molecule has 0 aliphatic carbocycles. The first-order chi connectivity index (χ1) is 13.6. The maximum Gasteiger partial charge on any atom is 0.164 e. The van der Waals surface area contributed by atoms with Crippen molar-refractivity contribution in [1.82, 2.24) is 0 Å². The van der Waals surface area contributed by atoms with Gasteiger partial charge in [-0.25, -0.2) is 0 Å². The molecule has 3 nitrogen and oxygen atoms in total. The van der Waals surface area contributed by atoms with Crippen molar-refractivity contribution in [2.24, 2.45) is 0 Å². The SMILES string of the molecule is COc1ccc(OC)c(S[C@H](CC(=O)c2ccccc2)c2ccc(Cl)cc2)c1.